The lowest BCUT2D eigenvalue weighted by Crippen LogP contribution is -2.56. The minimum atomic E-state index is -0.107. The van der Waals surface area contributed by atoms with Crippen molar-refractivity contribution >= 4 is 89.6 Å². The highest BCUT2D eigenvalue weighted by molar-refractivity contribution is 6.90. The average molecular weight is 852 g/mol. The number of aromatic nitrogens is 1. The molecule has 11 aromatic carbocycles. The average Bonchev–Trinajstić information content (AvgIpc) is 3.72. The molecule has 0 atom stereocenters. The minimum absolute atomic E-state index is 0.107. The van der Waals surface area contributed by atoms with Crippen LogP contribution < -0.4 is 20.7 Å². The highest BCUT2D eigenvalue weighted by Gasteiger charge is 2.43. The summed E-state index contributed by atoms with van der Waals surface area (Å²) < 4.78 is 2.69. The summed E-state index contributed by atoms with van der Waals surface area (Å²) in [5, 5.41) is 7.50. The molecule has 14 rings (SSSR count). The molecule has 3 heterocycles. The van der Waals surface area contributed by atoms with Gasteiger partial charge >= 0.3 is 6.85 Å². The molecule has 0 amide bonds. The summed E-state index contributed by atoms with van der Waals surface area (Å²) >= 11 is 0. The first-order chi connectivity index (χ1) is 33.1. The number of benzene rings is 11. The number of fused-ring (bicyclic) bond motifs is 9. The monoisotopic (exact) mass is 851 g/mol. The Morgan fingerprint density at radius 3 is 1.72 bits per heavy atom. The van der Waals surface area contributed by atoms with Crippen LogP contribution in [0.4, 0.5) is 28.4 Å². The summed E-state index contributed by atoms with van der Waals surface area (Å²) in [6, 6.07) is 87.9. The largest absolute Gasteiger partial charge is 0.375 e. The molecule has 0 spiro atoms. The summed E-state index contributed by atoms with van der Waals surface area (Å²) in [5.41, 5.74) is 20.7. The molecule has 67 heavy (non-hydrogen) atoms. The molecule has 0 radical (unpaired) electrons. The third kappa shape index (κ3) is 5.79. The van der Waals surface area contributed by atoms with Crippen molar-refractivity contribution in [2.45, 2.75) is 0 Å². The van der Waals surface area contributed by atoms with E-state index in [0.717, 1.165) is 17.1 Å². The second-order valence-electron chi connectivity index (χ2n) is 18.2. The van der Waals surface area contributed by atoms with Crippen molar-refractivity contribution in [3.8, 4) is 44.5 Å². The molecule has 1 aromatic heterocycles. The van der Waals surface area contributed by atoms with Crippen LogP contribution in [0.1, 0.15) is 0 Å². The molecule has 0 saturated heterocycles. The molecule has 0 bridgehead atoms. The maximum Gasteiger partial charge on any atom is 0.333 e. The zero-order valence-corrected chi connectivity index (χ0v) is 36.9. The summed E-state index contributed by atoms with van der Waals surface area (Å²) in [6.07, 6.45) is 0. The maximum atomic E-state index is 2.69. The van der Waals surface area contributed by atoms with Crippen LogP contribution in [0.15, 0.2) is 237 Å². The molecular weight excluding hydrogens is 810 g/mol. The van der Waals surface area contributed by atoms with Crippen LogP contribution in [-0.4, -0.2) is 18.4 Å². The van der Waals surface area contributed by atoms with Gasteiger partial charge in [-0.2, -0.15) is 0 Å². The molecule has 2 aliphatic rings. The van der Waals surface area contributed by atoms with Gasteiger partial charge in [0.2, 0.25) is 0 Å². The van der Waals surface area contributed by atoms with Crippen molar-refractivity contribution in [1.29, 1.82) is 0 Å². The van der Waals surface area contributed by atoms with Crippen LogP contribution in [-0.2, 0) is 0 Å². The van der Waals surface area contributed by atoms with Gasteiger partial charge in [0.1, 0.15) is 0 Å². The fraction of sp³-hybridized carbons (Fsp3) is 0.0159. The molecule has 3 nitrogen and oxygen atoms in total. The van der Waals surface area contributed by atoms with Gasteiger partial charge in [-0.25, -0.2) is 0 Å². The van der Waals surface area contributed by atoms with Crippen molar-refractivity contribution in [1.82, 2.24) is 4.48 Å². The molecule has 0 aliphatic carbocycles. The van der Waals surface area contributed by atoms with Crippen molar-refractivity contribution in [3.63, 3.8) is 0 Å². The lowest BCUT2D eigenvalue weighted by molar-refractivity contribution is 1.21. The van der Waals surface area contributed by atoms with Gasteiger partial charge < -0.3 is 14.3 Å². The third-order valence-electron chi connectivity index (χ3n) is 14.5. The van der Waals surface area contributed by atoms with E-state index in [1.165, 1.54) is 110 Å². The van der Waals surface area contributed by atoms with Crippen LogP contribution in [0.25, 0.3) is 87.9 Å². The number of nitrogens with zero attached hydrogens (tertiary/aromatic N) is 3. The Bertz CT molecular complexity index is 3940. The first kappa shape index (κ1) is 37.7. The van der Waals surface area contributed by atoms with Crippen LogP contribution in [0, 0.1) is 0 Å². The Balaban J connectivity index is 1.14. The lowest BCUT2D eigenvalue weighted by atomic mass is 9.44. The summed E-state index contributed by atoms with van der Waals surface area (Å²) in [4.78, 5) is 4.87. The van der Waals surface area contributed by atoms with Crippen molar-refractivity contribution in [2.75, 3.05) is 16.8 Å². The summed E-state index contributed by atoms with van der Waals surface area (Å²) in [6.45, 7) is -0.107. The van der Waals surface area contributed by atoms with E-state index in [-0.39, 0.29) is 6.85 Å². The molecule has 12 aromatic rings. The number of para-hydroxylation sites is 3. The van der Waals surface area contributed by atoms with Crippen LogP contribution in [0.3, 0.4) is 0 Å². The van der Waals surface area contributed by atoms with E-state index in [1.54, 1.807) is 0 Å². The number of anilines is 5. The highest BCUT2D eigenvalue weighted by atomic mass is 15.2. The standard InChI is InChI=1S/C63H42BN3/c1-65(50-24-10-4-11-25-50)58-29-17-16-28-52(58)49-37-54-56-36-48(42-20-8-3-9-21-42)35-55-53-34-45(41-18-6-2-7-19-41)30-31-59(53)67(63(55)56)64-57-38-46-32-43-22-14-15-23-44(43)33-47(46)39-60(57)66(61(40-49)62(54)64)51-26-12-5-13-27-51/h2-40H,1H3. The molecule has 2 aliphatic heterocycles. The summed E-state index contributed by atoms with van der Waals surface area (Å²) in [5.74, 6) is 0. The SMILES string of the molecule is CN(c1ccccc1)c1ccccc1-c1cc2c3c(c1)N(c1ccccc1)c1cc4cc5ccccc5cc4cc1B3n1c3ccc(-c4ccccc4)cc3c3cc(-c4ccccc4)cc-2c31. The van der Waals surface area contributed by atoms with E-state index in [0.29, 0.717) is 0 Å². The normalized spacial score (nSPS) is 12.5. The molecule has 0 fully saturated rings. The second kappa shape index (κ2) is 14.7. The number of hydrogen-bond acceptors (Lipinski definition) is 2. The Morgan fingerprint density at radius 2 is 0.985 bits per heavy atom. The Kier molecular flexibility index (Phi) is 8.29. The molecule has 4 heteroatoms. The van der Waals surface area contributed by atoms with E-state index in [2.05, 4.69) is 258 Å². The number of rotatable bonds is 6. The van der Waals surface area contributed by atoms with E-state index in [1.807, 2.05) is 0 Å². The molecule has 312 valence electrons. The van der Waals surface area contributed by atoms with Gasteiger partial charge in [-0.15, -0.1) is 0 Å². The highest BCUT2D eigenvalue weighted by Crippen LogP contribution is 2.50. The van der Waals surface area contributed by atoms with Crippen LogP contribution >= 0.6 is 0 Å². The smallest absolute Gasteiger partial charge is 0.333 e. The molecule has 0 saturated carbocycles. The zero-order chi connectivity index (χ0) is 44.2. The Morgan fingerprint density at radius 1 is 0.388 bits per heavy atom. The number of hydrogen-bond donors (Lipinski definition) is 0. The first-order valence-corrected chi connectivity index (χ1v) is 23.3. The second-order valence-corrected chi connectivity index (χ2v) is 18.2. The zero-order valence-electron chi connectivity index (χ0n) is 36.9. The van der Waals surface area contributed by atoms with Crippen LogP contribution in [0.2, 0.25) is 0 Å². The van der Waals surface area contributed by atoms with Gasteiger partial charge in [-0.1, -0.05) is 152 Å². The van der Waals surface area contributed by atoms with Crippen molar-refractivity contribution in [3.05, 3.63) is 237 Å². The van der Waals surface area contributed by atoms with E-state index in [4.69, 9.17) is 0 Å². The Hall–Kier alpha value is -8.60. The fourth-order valence-electron chi connectivity index (χ4n) is 11.4. The molecular formula is C63H42BN3. The van der Waals surface area contributed by atoms with Gasteiger partial charge in [0.25, 0.3) is 0 Å². The summed E-state index contributed by atoms with van der Waals surface area (Å²) in [7, 11) is 2.18. The predicted octanol–water partition coefficient (Wildman–Crippen LogP) is 15.3. The Labute approximate surface area is 390 Å². The van der Waals surface area contributed by atoms with E-state index >= 15 is 0 Å². The fourth-order valence-corrected chi connectivity index (χ4v) is 11.4. The predicted molar refractivity (Wildman–Crippen MR) is 286 cm³/mol. The van der Waals surface area contributed by atoms with Gasteiger partial charge in [-0.3, -0.25) is 0 Å². The van der Waals surface area contributed by atoms with Crippen LogP contribution in [0.5, 0.6) is 0 Å². The topological polar surface area (TPSA) is 11.4 Å². The van der Waals surface area contributed by atoms with Crippen molar-refractivity contribution in [2.24, 2.45) is 0 Å². The first-order valence-electron chi connectivity index (χ1n) is 23.3. The van der Waals surface area contributed by atoms with Gasteiger partial charge in [-0.05, 0) is 151 Å². The van der Waals surface area contributed by atoms with Crippen molar-refractivity contribution < 1.29 is 0 Å². The maximum absolute atomic E-state index is 2.69. The van der Waals surface area contributed by atoms with Gasteiger partial charge in [0.15, 0.2) is 0 Å². The molecule has 0 unspecified atom stereocenters. The lowest BCUT2D eigenvalue weighted by Gasteiger charge is -2.41. The van der Waals surface area contributed by atoms with Gasteiger partial charge in [0, 0.05) is 68.4 Å². The molecule has 0 N–H and O–H groups in total. The van der Waals surface area contributed by atoms with E-state index < -0.39 is 0 Å². The van der Waals surface area contributed by atoms with E-state index in [9.17, 15) is 0 Å². The third-order valence-corrected chi connectivity index (χ3v) is 14.5. The quantitative estimate of drug-likeness (QED) is 0.122. The van der Waals surface area contributed by atoms with Gasteiger partial charge in [0.05, 0.1) is 0 Å². The minimum Gasteiger partial charge on any atom is -0.375 e.